The number of ether oxygens (including phenoxy) is 1. The highest BCUT2D eigenvalue weighted by Gasteiger charge is 2.24. The molecule has 1 aliphatic rings. The van der Waals surface area contributed by atoms with Crippen LogP contribution >= 0.6 is 0 Å². The Hall–Kier alpha value is -2.02. The monoisotopic (exact) mass is 230 g/mol. The number of hydrogen-bond donors (Lipinski definition) is 1. The van der Waals surface area contributed by atoms with Crippen molar-refractivity contribution in [2.45, 2.75) is 19.3 Å². The standard InChI is InChI=1S/C13H14N2O2/c14-8-9-17-12-6-4-11(5-7-12)15-13(16)10-2-1-3-10/h4-7,10H,1-3,9H2,(H,15,16). The van der Waals surface area contributed by atoms with Crippen LogP contribution in [0.25, 0.3) is 0 Å². The smallest absolute Gasteiger partial charge is 0.227 e. The highest BCUT2D eigenvalue weighted by molar-refractivity contribution is 5.93. The quantitative estimate of drug-likeness (QED) is 0.863. The maximum absolute atomic E-state index is 11.7. The van der Waals surface area contributed by atoms with Crippen molar-refractivity contribution < 1.29 is 9.53 Å². The van der Waals surface area contributed by atoms with Gasteiger partial charge in [0.05, 0.1) is 0 Å². The van der Waals surface area contributed by atoms with Crippen LogP contribution < -0.4 is 10.1 Å². The average Bonchev–Trinajstić information content (AvgIpc) is 2.26. The van der Waals surface area contributed by atoms with Crippen molar-refractivity contribution in [2.24, 2.45) is 5.92 Å². The molecule has 0 heterocycles. The number of carbonyl (C=O) groups is 1. The zero-order valence-electron chi connectivity index (χ0n) is 9.48. The molecule has 1 N–H and O–H groups in total. The lowest BCUT2D eigenvalue weighted by Gasteiger charge is -2.24. The SMILES string of the molecule is N#CCOc1ccc(NC(=O)C2CCC2)cc1. The first-order chi connectivity index (χ1) is 8.29. The molecule has 0 atom stereocenters. The molecule has 0 aliphatic heterocycles. The van der Waals surface area contributed by atoms with E-state index in [2.05, 4.69) is 5.32 Å². The lowest BCUT2D eigenvalue weighted by Crippen LogP contribution is -2.27. The van der Waals surface area contributed by atoms with Gasteiger partial charge in [-0.2, -0.15) is 5.26 Å². The van der Waals surface area contributed by atoms with Crippen molar-refractivity contribution in [1.29, 1.82) is 5.26 Å². The molecule has 1 amide bonds. The molecule has 0 aromatic heterocycles. The second-order valence-electron chi connectivity index (χ2n) is 4.09. The lowest BCUT2D eigenvalue weighted by molar-refractivity contribution is -0.122. The number of rotatable bonds is 4. The van der Waals surface area contributed by atoms with Crippen LogP contribution in [0.3, 0.4) is 0 Å². The fourth-order valence-electron chi connectivity index (χ4n) is 1.66. The van der Waals surface area contributed by atoms with E-state index < -0.39 is 0 Å². The van der Waals surface area contributed by atoms with Gasteiger partial charge >= 0.3 is 0 Å². The molecule has 0 spiro atoms. The summed E-state index contributed by atoms with van der Waals surface area (Å²) in [4.78, 5) is 11.7. The molecule has 4 heteroatoms. The number of nitriles is 1. The molecule has 1 aliphatic carbocycles. The second-order valence-corrected chi connectivity index (χ2v) is 4.09. The zero-order valence-corrected chi connectivity index (χ0v) is 9.48. The van der Waals surface area contributed by atoms with Crippen molar-refractivity contribution in [3.8, 4) is 11.8 Å². The molecule has 0 radical (unpaired) electrons. The van der Waals surface area contributed by atoms with E-state index in [1.807, 2.05) is 6.07 Å². The van der Waals surface area contributed by atoms with Gasteiger partial charge in [0.25, 0.3) is 0 Å². The summed E-state index contributed by atoms with van der Waals surface area (Å²) in [6, 6.07) is 8.95. The van der Waals surface area contributed by atoms with E-state index in [-0.39, 0.29) is 18.4 Å². The minimum absolute atomic E-state index is 0.0355. The van der Waals surface area contributed by atoms with Gasteiger partial charge in [0, 0.05) is 11.6 Å². The predicted octanol–water partition coefficient (Wildman–Crippen LogP) is 2.33. The van der Waals surface area contributed by atoms with Crippen molar-refractivity contribution in [3.63, 3.8) is 0 Å². The van der Waals surface area contributed by atoms with Crippen LogP contribution in [-0.4, -0.2) is 12.5 Å². The van der Waals surface area contributed by atoms with Gasteiger partial charge in [0.15, 0.2) is 6.61 Å². The van der Waals surface area contributed by atoms with Gasteiger partial charge in [-0.05, 0) is 37.1 Å². The van der Waals surface area contributed by atoms with Gasteiger partial charge in [-0.1, -0.05) is 6.42 Å². The Morgan fingerprint density at radius 2 is 2.12 bits per heavy atom. The van der Waals surface area contributed by atoms with Gasteiger partial charge in [0.2, 0.25) is 5.91 Å². The van der Waals surface area contributed by atoms with Crippen molar-refractivity contribution >= 4 is 11.6 Å². The molecule has 1 aromatic rings. The van der Waals surface area contributed by atoms with Crippen LogP contribution in [0.15, 0.2) is 24.3 Å². The molecule has 17 heavy (non-hydrogen) atoms. The Labute approximate surface area is 100 Å². The minimum Gasteiger partial charge on any atom is -0.479 e. The summed E-state index contributed by atoms with van der Waals surface area (Å²) in [6.07, 6.45) is 3.14. The van der Waals surface area contributed by atoms with Gasteiger partial charge in [-0.3, -0.25) is 4.79 Å². The molecule has 0 saturated heterocycles. The number of amides is 1. The molecule has 1 fully saturated rings. The summed E-state index contributed by atoms with van der Waals surface area (Å²) in [5, 5.41) is 11.2. The molecule has 1 aromatic carbocycles. The summed E-state index contributed by atoms with van der Waals surface area (Å²) in [6.45, 7) is 0.0355. The first-order valence-corrected chi connectivity index (χ1v) is 5.70. The van der Waals surface area contributed by atoms with Gasteiger partial charge < -0.3 is 10.1 Å². The largest absolute Gasteiger partial charge is 0.479 e. The predicted molar refractivity (Wildman–Crippen MR) is 63.5 cm³/mol. The summed E-state index contributed by atoms with van der Waals surface area (Å²) in [5.74, 6) is 0.916. The van der Waals surface area contributed by atoms with Crippen LogP contribution in [0.5, 0.6) is 5.75 Å². The Balaban J connectivity index is 1.89. The third-order valence-electron chi connectivity index (χ3n) is 2.90. The fraction of sp³-hybridized carbons (Fsp3) is 0.385. The van der Waals surface area contributed by atoms with Crippen LogP contribution in [0.2, 0.25) is 0 Å². The number of benzene rings is 1. The average molecular weight is 230 g/mol. The number of nitrogens with one attached hydrogen (secondary N) is 1. The first-order valence-electron chi connectivity index (χ1n) is 5.70. The Morgan fingerprint density at radius 3 is 2.65 bits per heavy atom. The van der Waals surface area contributed by atoms with E-state index in [9.17, 15) is 4.79 Å². The van der Waals surface area contributed by atoms with E-state index in [0.29, 0.717) is 5.75 Å². The topological polar surface area (TPSA) is 62.1 Å². The van der Waals surface area contributed by atoms with E-state index >= 15 is 0 Å². The number of carbonyl (C=O) groups excluding carboxylic acids is 1. The van der Waals surface area contributed by atoms with Crippen LogP contribution in [0.4, 0.5) is 5.69 Å². The van der Waals surface area contributed by atoms with Crippen molar-refractivity contribution in [3.05, 3.63) is 24.3 Å². The van der Waals surface area contributed by atoms with E-state index in [1.165, 1.54) is 0 Å². The van der Waals surface area contributed by atoms with Crippen LogP contribution in [-0.2, 0) is 4.79 Å². The lowest BCUT2D eigenvalue weighted by atomic mass is 9.85. The number of nitrogens with zero attached hydrogens (tertiary/aromatic N) is 1. The molecule has 88 valence electrons. The summed E-state index contributed by atoms with van der Waals surface area (Å²) >= 11 is 0. The minimum atomic E-state index is 0.0355. The molecular formula is C13H14N2O2. The first kappa shape index (κ1) is 11.5. The summed E-state index contributed by atoms with van der Waals surface area (Å²) in [7, 11) is 0. The van der Waals surface area contributed by atoms with Crippen molar-refractivity contribution in [2.75, 3.05) is 11.9 Å². The van der Waals surface area contributed by atoms with E-state index in [4.69, 9.17) is 10.00 Å². The zero-order chi connectivity index (χ0) is 12.1. The number of hydrogen-bond acceptors (Lipinski definition) is 3. The fourth-order valence-corrected chi connectivity index (χ4v) is 1.66. The van der Waals surface area contributed by atoms with Crippen LogP contribution in [0.1, 0.15) is 19.3 Å². The molecule has 2 rings (SSSR count). The highest BCUT2D eigenvalue weighted by atomic mass is 16.5. The summed E-state index contributed by atoms with van der Waals surface area (Å²) < 4.78 is 5.12. The molecule has 0 bridgehead atoms. The Kier molecular flexibility index (Phi) is 3.61. The van der Waals surface area contributed by atoms with Gasteiger partial charge in [-0.25, -0.2) is 0 Å². The van der Waals surface area contributed by atoms with E-state index in [0.717, 1.165) is 24.9 Å². The third-order valence-corrected chi connectivity index (χ3v) is 2.90. The third kappa shape index (κ3) is 2.97. The molecule has 1 saturated carbocycles. The normalized spacial score (nSPS) is 14.5. The summed E-state index contributed by atoms with van der Waals surface area (Å²) in [5.41, 5.74) is 0.770. The molecule has 0 unspecified atom stereocenters. The maximum atomic E-state index is 11.7. The highest BCUT2D eigenvalue weighted by Crippen LogP contribution is 2.27. The molecule has 4 nitrogen and oxygen atoms in total. The Bertz CT molecular complexity index is 430. The van der Waals surface area contributed by atoms with Gasteiger partial charge in [-0.15, -0.1) is 0 Å². The van der Waals surface area contributed by atoms with Crippen LogP contribution in [0, 0.1) is 17.2 Å². The van der Waals surface area contributed by atoms with Crippen molar-refractivity contribution in [1.82, 2.24) is 0 Å². The van der Waals surface area contributed by atoms with E-state index in [1.54, 1.807) is 24.3 Å². The number of anilines is 1. The maximum Gasteiger partial charge on any atom is 0.227 e. The molecular weight excluding hydrogens is 216 g/mol. The second kappa shape index (κ2) is 5.35. The van der Waals surface area contributed by atoms with Gasteiger partial charge in [0.1, 0.15) is 11.8 Å². The Morgan fingerprint density at radius 1 is 1.41 bits per heavy atom.